The van der Waals surface area contributed by atoms with E-state index < -0.39 is 0 Å². The molecule has 0 bridgehead atoms. The SMILES string of the molecule is CCN(CC1CO1)C(=O)CC1CCCCC1. The van der Waals surface area contributed by atoms with Crippen LogP contribution in [0.15, 0.2) is 0 Å². The van der Waals surface area contributed by atoms with Crippen LogP contribution >= 0.6 is 0 Å². The molecule has 3 heteroatoms. The fourth-order valence-corrected chi connectivity index (χ4v) is 2.59. The molecule has 2 rings (SSSR count). The summed E-state index contributed by atoms with van der Waals surface area (Å²) in [5.41, 5.74) is 0. The van der Waals surface area contributed by atoms with Crippen molar-refractivity contribution in [1.29, 1.82) is 0 Å². The fourth-order valence-electron chi connectivity index (χ4n) is 2.59. The van der Waals surface area contributed by atoms with Gasteiger partial charge in [0.05, 0.1) is 12.7 Å². The molecule has 3 nitrogen and oxygen atoms in total. The fraction of sp³-hybridized carbons (Fsp3) is 0.923. The van der Waals surface area contributed by atoms with E-state index in [1.54, 1.807) is 0 Å². The highest BCUT2D eigenvalue weighted by molar-refractivity contribution is 5.76. The normalized spacial score (nSPS) is 25.4. The predicted octanol–water partition coefficient (Wildman–Crippen LogP) is 2.20. The second-order valence-electron chi connectivity index (χ2n) is 5.10. The summed E-state index contributed by atoms with van der Waals surface area (Å²) in [6.07, 6.45) is 7.59. The van der Waals surface area contributed by atoms with Gasteiger partial charge in [-0.05, 0) is 25.7 Å². The largest absolute Gasteiger partial charge is 0.371 e. The van der Waals surface area contributed by atoms with Gasteiger partial charge in [-0.2, -0.15) is 0 Å². The monoisotopic (exact) mass is 225 g/mol. The van der Waals surface area contributed by atoms with Crippen molar-refractivity contribution >= 4 is 5.91 Å². The predicted molar refractivity (Wildman–Crippen MR) is 63.2 cm³/mol. The van der Waals surface area contributed by atoms with Crippen molar-refractivity contribution in [2.45, 2.75) is 51.6 Å². The molecule has 1 amide bonds. The van der Waals surface area contributed by atoms with Gasteiger partial charge < -0.3 is 9.64 Å². The highest BCUT2D eigenvalue weighted by atomic mass is 16.6. The molecule has 1 saturated carbocycles. The minimum Gasteiger partial charge on any atom is -0.371 e. The molecule has 0 aromatic carbocycles. The third-order valence-corrected chi connectivity index (χ3v) is 3.75. The summed E-state index contributed by atoms with van der Waals surface area (Å²) in [7, 11) is 0. The molecule has 1 aliphatic heterocycles. The molecule has 2 aliphatic rings. The molecule has 0 spiro atoms. The van der Waals surface area contributed by atoms with Crippen LogP contribution in [0.2, 0.25) is 0 Å². The summed E-state index contributed by atoms with van der Waals surface area (Å²) < 4.78 is 5.19. The minimum atomic E-state index is 0.329. The van der Waals surface area contributed by atoms with Crippen LogP contribution in [-0.4, -0.2) is 36.6 Å². The zero-order chi connectivity index (χ0) is 11.4. The van der Waals surface area contributed by atoms with Crippen molar-refractivity contribution in [2.24, 2.45) is 5.92 Å². The van der Waals surface area contributed by atoms with Crippen LogP contribution in [0.5, 0.6) is 0 Å². The number of nitrogens with zero attached hydrogens (tertiary/aromatic N) is 1. The zero-order valence-corrected chi connectivity index (χ0v) is 10.3. The van der Waals surface area contributed by atoms with Gasteiger partial charge >= 0.3 is 0 Å². The number of epoxide rings is 1. The first-order valence-electron chi connectivity index (χ1n) is 6.69. The average molecular weight is 225 g/mol. The van der Waals surface area contributed by atoms with Crippen LogP contribution in [0, 0.1) is 5.92 Å². The number of likely N-dealkylation sites (N-methyl/N-ethyl adjacent to an activating group) is 1. The molecule has 1 unspecified atom stereocenters. The first-order valence-corrected chi connectivity index (χ1v) is 6.69. The Balaban J connectivity index is 1.74. The Hall–Kier alpha value is -0.570. The first kappa shape index (κ1) is 11.9. The van der Waals surface area contributed by atoms with E-state index in [4.69, 9.17) is 4.74 Å². The van der Waals surface area contributed by atoms with E-state index in [9.17, 15) is 4.79 Å². The lowest BCUT2D eigenvalue weighted by atomic mass is 9.86. The van der Waals surface area contributed by atoms with E-state index in [2.05, 4.69) is 6.92 Å². The number of carbonyl (C=O) groups excluding carboxylic acids is 1. The van der Waals surface area contributed by atoms with E-state index in [-0.39, 0.29) is 0 Å². The third kappa shape index (κ3) is 3.48. The lowest BCUT2D eigenvalue weighted by molar-refractivity contribution is -0.132. The van der Waals surface area contributed by atoms with Crippen LogP contribution in [-0.2, 0) is 9.53 Å². The summed E-state index contributed by atoms with van der Waals surface area (Å²) in [6, 6.07) is 0. The molecule has 16 heavy (non-hydrogen) atoms. The molecule has 1 atom stereocenters. The highest BCUT2D eigenvalue weighted by Gasteiger charge is 2.28. The number of carbonyl (C=O) groups is 1. The van der Waals surface area contributed by atoms with Crippen molar-refractivity contribution in [3.63, 3.8) is 0 Å². The van der Waals surface area contributed by atoms with E-state index in [0.717, 1.165) is 26.1 Å². The van der Waals surface area contributed by atoms with Gasteiger partial charge in [-0.15, -0.1) is 0 Å². The average Bonchev–Trinajstić information content (AvgIpc) is 3.11. The van der Waals surface area contributed by atoms with Crippen LogP contribution in [0.4, 0.5) is 0 Å². The van der Waals surface area contributed by atoms with Crippen molar-refractivity contribution in [1.82, 2.24) is 4.90 Å². The topological polar surface area (TPSA) is 32.8 Å². The van der Waals surface area contributed by atoms with Gasteiger partial charge in [0.1, 0.15) is 0 Å². The Morgan fingerprint density at radius 1 is 1.31 bits per heavy atom. The number of ether oxygens (including phenoxy) is 1. The van der Waals surface area contributed by atoms with Gasteiger partial charge in [0.2, 0.25) is 5.91 Å². The first-order chi connectivity index (χ1) is 7.79. The van der Waals surface area contributed by atoms with E-state index in [1.165, 1.54) is 32.1 Å². The van der Waals surface area contributed by atoms with Gasteiger partial charge in [0.15, 0.2) is 0 Å². The van der Waals surface area contributed by atoms with Crippen LogP contribution < -0.4 is 0 Å². The number of hydrogen-bond acceptors (Lipinski definition) is 2. The molecule has 1 heterocycles. The van der Waals surface area contributed by atoms with Gasteiger partial charge in [-0.3, -0.25) is 4.79 Å². The molecule has 2 fully saturated rings. The standard InChI is InChI=1S/C13H23NO2/c1-2-14(9-12-10-16-12)13(15)8-11-6-4-3-5-7-11/h11-12H,2-10H2,1H3. The van der Waals surface area contributed by atoms with Crippen molar-refractivity contribution in [3.8, 4) is 0 Å². The Morgan fingerprint density at radius 3 is 2.56 bits per heavy atom. The summed E-state index contributed by atoms with van der Waals surface area (Å²) in [6.45, 7) is 4.53. The molecule has 1 aliphatic carbocycles. The Bertz CT molecular complexity index is 232. The summed E-state index contributed by atoms with van der Waals surface area (Å²) in [5, 5.41) is 0. The van der Waals surface area contributed by atoms with Gasteiger partial charge in [0.25, 0.3) is 0 Å². The number of rotatable bonds is 5. The summed E-state index contributed by atoms with van der Waals surface area (Å²) in [4.78, 5) is 14.0. The maximum Gasteiger partial charge on any atom is 0.222 e. The lowest BCUT2D eigenvalue weighted by Gasteiger charge is -2.25. The van der Waals surface area contributed by atoms with E-state index in [0.29, 0.717) is 17.9 Å². The Labute approximate surface area is 98.1 Å². The van der Waals surface area contributed by atoms with Gasteiger partial charge in [-0.1, -0.05) is 19.3 Å². The molecule has 0 N–H and O–H groups in total. The minimum absolute atomic E-state index is 0.329. The van der Waals surface area contributed by atoms with Crippen LogP contribution in [0.25, 0.3) is 0 Å². The maximum absolute atomic E-state index is 12.1. The number of hydrogen-bond donors (Lipinski definition) is 0. The third-order valence-electron chi connectivity index (χ3n) is 3.75. The molecule has 0 aromatic rings. The highest BCUT2D eigenvalue weighted by Crippen LogP contribution is 2.27. The van der Waals surface area contributed by atoms with E-state index >= 15 is 0 Å². The molecule has 1 saturated heterocycles. The van der Waals surface area contributed by atoms with Crippen LogP contribution in [0.1, 0.15) is 45.4 Å². The maximum atomic E-state index is 12.1. The second kappa shape index (κ2) is 5.67. The van der Waals surface area contributed by atoms with Crippen molar-refractivity contribution in [3.05, 3.63) is 0 Å². The lowest BCUT2D eigenvalue weighted by Crippen LogP contribution is -2.35. The zero-order valence-electron chi connectivity index (χ0n) is 10.3. The Morgan fingerprint density at radius 2 is 2.00 bits per heavy atom. The summed E-state index contributed by atoms with van der Waals surface area (Å²) in [5.74, 6) is 0.986. The molecule has 92 valence electrons. The number of amides is 1. The molecular weight excluding hydrogens is 202 g/mol. The quantitative estimate of drug-likeness (QED) is 0.672. The second-order valence-corrected chi connectivity index (χ2v) is 5.10. The summed E-state index contributed by atoms with van der Waals surface area (Å²) >= 11 is 0. The van der Waals surface area contributed by atoms with Gasteiger partial charge in [-0.25, -0.2) is 0 Å². The van der Waals surface area contributed by atoms with Crippen LogP contribution in [0.3, 0.4) is 0 Å². The molecule has 0 aromatic heterocycles. The Kier molecular flexibility index (Phi) is 4.22. The van der Waals surface area contributed by atoms with Crippen molar-refractivity contribution in [2.75, 3.05) is 19.7 Å². The van der Waals surface area contributed by atoms with E-state index in [1.807, 2.05) is 4.90 Å². The van der Waals surface area contributed by atoms with Gasteiger partial charge in [0, 0.05) is 19.5 Å². The van der Waals surface area contributed by atoms with Crippen molar-refractivity contribution < 1.29 is 9.53 Å². The molecule has 0 radical (unpaired) electrons. The smallest absolute Gasteiger partial charge is 0.222 e. The molecular formula is C13H23NO2.